The lowest BCUT2D eigenvalue weighted by Crippen LogP contribution is -1.90. The molecule has 0 unspecified atom stereocenters. The molecule has 0 N–H and O–H groups in total. The van der Waals surface area contributed by atoms with E-state index in [2.05, 4.69) is 22.0 Å². The lowest BCUT2D eigenvalue weighted by atomic mass is 10.3. The van der Waals surface area contributed by atoms with Crippen LogP contribution >= 0.6 is 23.3 Å². The highest BCUT2D eigenvalue weighted by atomic mass is 32.2. The maximum atomic E-state index is 4.35. The molecule has 2 aromatic rings. The van der Waals surface area contributed by atoms with Crippen LogP contribution in [0.2, 0.25) is 0 Å². The Morgan fingerprint density at radius 3 is 3.07 bits per heavy atom. The quantitative estimate of drug-likeness (QED) is 0.823. The van der Waals surface area contributed by atoms with Crippen LogP contribution in [-0.4, -0.2) is 19.2 Å². The fourth-order valence-corrected chi connectivity index (χ4v) is 2.76. The van der Waals surface area contributed by atoms with Crippen LogP contribution in [-0.2, 0) is 6.42 Å². The van der Waals surface area contributed by atoms with Gasteiger partial charge in [0.05, 0.1) is 0 Å². The van der Waals surface area contributed by atoms with Crippen LogP contribution in [0, 0.1) is 6.92 Å². The highest BCUT2D eigenvalue weighted by molar-refractivity contribution is 7.99. The second kappa shape index (κ2) is 4.76. The third-order valence-electron chi connectivity index (χ3n) is 1.76. The van der Waals surface area contributed by atoms with Gasteiger partial charge in [0.1, 0.15) is 6.33 Å². The Balaban J connectivity index is 2.04. The molecule has 15 heavy (non-hydrogen) atoms. The molecule has 0 bridgehead atoms. The molecule has 6 heteroatoms. The lowest BCUT2D eigenvalue weighted by molar-refractivity contribution is 0.831. The molecule has 2 aromatic heterocycles. The van der Waals surface area contributed by atoms with Gasteiger partial charge in [-0.25, -0.2) is 9.97 Å². The van der Waals surface area contributed by atoms with E-state index in [-0.39, 0.29) is 0 Å². The van der Waals surface area contributed by atoms with Crippen LogP contribution < -0.4 is 0 Å². The van der Waals surface area contributed by atoms with E-state index in [1.165, 1.54) is 11.9 Å². The molecule has 0 aromatic carbocycles. The van der Waals surface area contributed by atoms with Crippen molar-refractivity contribution in [2.75, 3.05) is 0 Å². The molecule has 0 aliphatic carbocycles. The summed E-state index contributed by atoms with van der Waals surface area (Å²) in [5, 5.41) is 6.37. The fraction of sp³-hybridized carbons (Fsp3) is 0.444. The van der Waals surface area contributed by atoms with E-state index >= 15 is 0 Å². The summed E-state index contributed by atoms with van der Waals surface area (Å²) in [5.74, 6) is 0.901. The van der Waals surface area contributed by atoms with Crippen molar-refractivity contribution in [3.8, 4) is 0 Å². The molecule has 2 rings (SSSR count). The SMILES string of the molecule is CCCc1ncn(Sc2nc(C)cs2)n1. The second-order valence-corrected chi connectivity index (χ2v) is 5.22. The van der Waals surface area contributed by atoms with Gasteiger partial charge in [0.25, 0.3) is 0 Å². The number of aryl methyl sites for hydroxylation is 2. The van der Waals surface area contributed by atoms with E-state index in [9.17, 15) is 0 Å². The van der Waals surface area contributed by atoms with Crippen molar-refractivity contribution in [3.63, 3.8) is 0 Å². The molecular formula is C9H12N4S2. The molecule has 0 saturated heterocycles. The van der Waals surface area contributed by atoms with Crippen molar-refractivity contribution in [2.24, 2.45) is 0 Å². The maximum absolute atomic E-state index is 4.35. The highest BCUT2D eigenvalue weighted by Crippen LogP contribution is 2.22. The first-order valence-corrected chi connectivity index (χ1v) is 6.44. The Hall–Kier alpha value is -0.880. The largest absolute Gasteiger partial charge is 0.233 e. The minimum atomic E-state index is 0.901. The number of aromatic nitrogens is 4. The zero-order chi connectivity index (χ0) is 10.7. The highest BCUT2D eigenvalue weighted by Gasteiger charge is 2.04. The van der Waals surface area contributed by atoms with E-state index in [0.29, 0.717) is 0 Å². The van der Waals surface area contributed by atoms with E-state index in [4.69, 9.17) is 0 Å². The van der Waals surface area contributed by atoms with Crippen LogP contribution in [0.1, 0.15) is 24.9 Å². The summed E-state index contributed by atoms with van der Waals surface area (Å²) in [6.07, 6.45) is 3.75. The molecule has 0 fully saturated rings. The second-order valence-electron chi connectivity index (χ2n) is 3.16. The van der Waals surface area contributed by atoms with Gasteiger partial charge in [-0.15, -0.1) is 16.4 Å². The number of rotatable bonds is 4. The van der Waals surface area contributed by atoms with Gasteiger partial charge in [0, 0.05) is 29.4 Å². The van der Waals surface area contributed by atoms with Gasteiger partial charge in [0.15, 0.2) is 10.2 Å². The molecule has 0 atom stereocenters. The lowest BCUT2D eigenvalue weighted by Gasteiger charge is -1.93. The minimum Gasteiger partial charge on any atom is -0.233 e. The normalized spacial score (nSPS) is 10.8. The summed E-state index contributed by atoms with van der Waals surface area (Å²) < 4.78 is 2.77. The first-order chi connectivity index (χ1) is 7.28. The van der Waals surface area contributed by atoms with Crippen molar-refractivity contribution in [1.82, 2.24) is 19.2 Å². The summed E-state index contributed by atoms with van der Waals surface area (Å²) in [7, 11) is 0. The summed E-state index contributed by atoms with van der Waals surface area (Å²) in [6, 6.07) is 0. The number of thiazole rings is 1. The van der Waals surface area contributed by atoms with Crippen molar-refractivity contribution in [3.05, 3.63) is 23.2 Å². The van der Waals surface area contributed by atoms with Crippen molar-refractivity contribution < 1.29 is 0 Å². The Morgan fingerprint density at radius 1 is 1.53 bits per heavy atom. The number of hydrogen-bond acceptors (Lipinski definition) is 5. The third kappa shape index (κ3) is 2.79. The first-order valence-electron chi connectivity index (χ1n) is 4.79. The fourth-order valence-electron chi connectivity index (χ4n) is 1.12. The molecule has 0 amide bonds. The predicted molar refractivity (Wildman–Crippen MR) is 62.1 cm³/mol. The Kier molecular flexibility index (Phi) is 3.37. The minimum absolute atomic E-state index is 0.901. The third-order valence-corrected chi connectivity index (χ3v) is 3.64. The molecule has 2 heterocycles. The summed E-state index contributed by atoms with van der Waals surface area (Å²) in [5.41, 5.74) is 1.05. The summed E-state index contributed by atoms with van der Waals surface area (Å²) in [4.78, 5) is 8.57. The summed E-state index contributed by atoms with van der Waals surface area (Å²) >= 11 is 3.14. The van der Waals surface area contributed by atoms with Crippen LogP contribution in [0.15, 0.2) is 16.0 Å². The van der Waals surface area contributed by atoms with Gasteiger partial charge in [-0.2, -0.15) is 4.09 Å². The van der Waals surface area contributed by atoms with Gasteiger partial charge in [0.2, 0.25) is 0 Å². The van der Waals surface area contributed by atoms with Gasteiger partial charge < -0.3 is 0 Å². The number of hydrogen-bond donors (Lipinski definition) is 0. The molecule has 4 nitrogen and oxygen atoms in total. The maximum Gasteiger partial charge on any atom is 0.172 e. The number of nitrogens with zero attached hydrogens (tertiary/aromatic N) is 4. The molecule has 0 spiro atoms. The van der Waals surface area contributed by atoms with E-state index in [0.717, 1.165) is 28.7 Å². The summed E-state index contributed by atoms with van der Waals surface area (Å²) in [6.45, 7) is 4.11. The first kappa shape index (κ1) is 10.6. The van der Waals surface area contributed by atoms with Crippen molar-refractivity contribution >= 4 is 23.3 Å². The monoisotopic (exact) mass is 240 g/mol. The van der Waals surface area contributed by atoms with Gasteiger partial charge in [-0.3, -0.25) is 0 Å². The van der Waals surface area contributed by atoms with Crippen LogP contribution in [0.4, 0.5) is 0 Å². The zero-order valence-electron chi connectivity index (χ0n) is 8.67. The molecule has 80 valence electrons. The van der Waals surface area contributed by atoms with E-state index in [1.807, 2.05) is 12.3 Å². The molecular weight excluding hydrogens is 228 g/mol. The predicted octanol–water partition coefficient (Wildman–Crippen LogP) is 2.55. The van der Waals surface area contributed by atoms with Gasteiger partial charge >= 0.3 is 0 Å². The van der Waals surface area contributed by atoms with Gasteiger partial charge in [-0.05, 0) is 13.3 Å². The topological polar surface area (TPSA) is 43.6 Å². The Labute approximate surface area is 96.9 Å². The average molecular weight is 240 g/mol. The molecule has 0 aliphatic heterocycles. The van der Waals surface area contributed by atoms with E-state index in [1.54, 1.807) is 21.8 Å². The van der Waals surface area contributed by atoms with E-state index < -0.39 is 0 Å². The van der Waals surface area contributed by atoms with Crippen LogP contribution in [0.25, 0.3) is 0 Å². The molecule has 0 saturated carbocycles. The molecule has 0 radical (unpaired) electrons. The van der Waals surface area contributed by atoms with Crippen LogP contribution in [0.5, 0.6) is 0 Å². The average Bonchev–Trinajstić information content (AvgIpc) is 2.78. The van der Waals surface area contributed by atoms with Gasteiger partial charge in [-0.1, -0.05) is 6.92 Å². The molecule has 0 aliphatic rings. The Morgan fingerprint density at radius 2 is 2.40 bits per heavy atom. The zero-order valence-corrected chi connectivity index (χ0v) is 10.3. The van der Waals surface area contributed by atoms with Crippen molar-refractivity contribution in [1.29, 1.82) is 0 Å². The van der Waals surface area contributed by atoms with Crippen molar-refractivity contribution in [2.45, 2.75) is 31.0 Å². The smallest absolute Gasteiger partial charge is 0.172 e. The van der Waals surface area contributed by atoms with Crippen LogP contribution in [0.3, 0.4) is 0 Å². The standard InChI is InChI=1S/C9H12N4S2/c1-3-4-8-10-6-13(12-8)15-9-11-7(2)5-14-9/h5-6H,3-4H2,1-2H3. The Bertz CT molecular complexity index is 435.